The molecule has 0 unspecified atom stereocenters. The van der Waals surface area contributed by atoms with Crippen LogP contribution in [0.2, 0.25) is 0 Å². The van der Waals surface area contributed by atoms with E-state index >= 15 is 0 Å². The number of hydrogen-bond acceptors (Lipinski definition) is 7. The zero-order valence-corrected chi connectivity index (χ0v) is 18.3. The summed E-state index contributed by atoms with van der Waals surface area (Å²) in [4.78, 5) is 16.5. The number of nitrogens with one attached hydrogen (secondary N) is 1. The number of aryl methyl sites for hydroxylation is 2. The van der Waals surface area contributed by atoms with Crippen molar-refractivity contribution in [3.05, 3.63) is 52.4 Å². The highest BCUT2D eigenvalue weighted by Gasteiger charge is 2.34. The van der Waals surface area contributed by atoms with Crippen LogP contribution in [0.4, 0.5) is 5.69 Å². The van der Waals surface area contributed by atoms with E-state index in [0.29, 0.717) is 24.5 Å². The number of nitrogens with zero attached hydrogens (tertiary/aromatic N) is 5. The molecule has 30 heavy (non-hydrogen) atoms. The second-order valence-electron chi connectivity index (χ2n) is 7.29. The van der Waals surface area contributed by atoms with Gasteiger partial charge in [-0.25, -0.2) is 13.4 Å². The Hall–Kier alpha value is -2.63. The highest BCUT2D eigenvalue weighted by Crippen LogP contribution is 2.31. The van der Waals surface area contributed by atoms with Crippen LogP contribution in [0.15, 0.2) is 41.8 Å². The molecule has 158 valence electrons. The Balaban J connectivity index is 1.48. The van der Waals surface area contributed by atoms with E-state index in [1.54, 1.807) is 11.6 Å². The molecule has 0 radical (unpaired) electrons. The summed E-state index contributed by atoms with van der Waals surface area (Å²) in [7, 11) is -1.93. The van der Waals surface area contributed by atoms with Gasteiger partial charge in [-0.2, -0.15) is 4.31 Å². The Kier molecular flexibility index (Phi) is 5.67. The third-order valence-electron chi connectivity index (χ3n) is 5.05. The van der Waals surface area contributed by atoms with E-state index in [1.807, 2.05) is 31.2 Å². The average Bonchev–Trinajstić information content (AvgIpc) is 3.40. The minimum atomic E-state index is -3.66. The molecule has 1 fully saturated rings. The molecular weight excluding hydrogens is 424 g/mol. The summed E-state index contributed by atoms with van der Waals surface area (Å²) < 4.78 is 28.8. The first kappa shape index (κ1) is 20.6. The van der Waals surface area contributed by atoms with Crippen molar-refractivity contribution in [2.75, 3.05) is 18.4 Å². The van der Waals surface area contributed by atoms with Crippen molar-refractivity contribution in [2.45, 2.75) is 30.7 Å². The molecule has 0 aliphatic carbocycles. The van der Waals surface area contributed by atoms with Gasteiger partial charge in [0.1, 0.15) is 5.01 Å². The fraction of sp³-hybridized carbons (Fsp3) is 0.368. The summed E-state index contributed by atoms with van der Waals surface area (Å²) in [5, 5.41) is 12.1. The lowest BCUT2D eigenvalue weighted by atomic mass is 10.0. The molecule has 1 aliphatic heterocycles. The van der Waals surface area contributed by atoms with Crippen molar-refractivity contribution in [3.63, 3.8) is 0 Å². The van der Waals surface area contributed by atoms with Gasteiger partial charge < -0.3 is 9.88 Å². The number of carbonyl (C=O) groups is 1. The van der Waals surface area contributed by atoms with Gasteiger partial charge in [-0.15, -0.1) is 10.2 Å². The van der Waals surface area contributed by atoms with Crippen LogP contribution < -0.4 is 5.32 Å². The molecule has 1 aromatic carbocycles. The van der Waals surface area contributed by atoms with E-state index in [2.05, 4.69) is 20.5 Å². The molecule has 1 saturated heterocycles. The maximum Gasteiger partial charge on any atom is 0.286 e. The summed E-state index contributed by atoms with van der Waals surface area (Å²) in [6, 6.07) is 7.51. The molecule has 0 spiro atoms. The number of para-hydroxylation sites is 1. The zero-order chi connectivity index (χ0) is 21.3. The molecule has 0 bridgehead atoms. The summed E-state index contributed by atoms with van der Waals surface area (Å²) >= 11 is 1.21. The van der Waals surface area contributed by atoms with Crippen LogP contribution in [0, 0.1) is 6.92 Å². The van der Waals surface area contributed by atoms with Crippen molar-refractivity contribution >= 4 is 33.0 Å². The molecule has 4 rings (SSSR count). The zero-order valence-electron chi connectivity index (χ0n) is 16.6. The number of hydrogen-bond donors (Lipinski definition) is 1. The van der Waals surface area contributed by atoms with Crippen LogP contribution >= 0.6 is 11.3 Å². The van der Waals surface area contributed by atoms with Gasteiger partial charge in [-0.05, 0) is 31.4 Å². The van der Waals surface area contributed by atoms with Gasteiger partial charge in [0.2, 0.25) is 5.01 Å². The van der Waals surface area contributed by atoms with E-state index < -0.39 is 10.0 Å². The van der Waals surface area contributed by atoms with Crippen molar-refractivity contribution in [2.24, 2.45) is 7.05 Å². The third kappa shape index (κ3) is 4.13. The summed E-state index contributed by atoms with van der Waals surface area (Å²) in [5.74, 6) is -0.420. The highest BCUT2D eigenvalue weighted by molar-refractivity contribution is 7.89. The Labute approximate surface area is 178 Å². The lowest BCUT2D eigenvalue weighted by Crippen LogP contribution is -2.39. The fourth-order valence-electron chi connectivity index (χ4n) is 3.40. The highest BCUT2D eigenvalue weighted by atomic mass is 32.2. The van der Waals surface area contributed by atoms with Gasteiger partial charge in [0, 0.05) is 37.9 Å². The largest absolute Gasteiger partial charge is 0.339 e. The Morgan fingerprint density at radius 1 is 1.27 bits per heavy atom. The normalized spacial score (nSPS) is 17.7. The Morgan fingerprint density at radius 3 is 2.80 bits per heavy atom. The van der Waals surface area contributed by atoms with Gasteiger partial charge >= 0.3 is 0 Å². The molecule has 1 atom stereocenters. The molecule has 3 aromatic rings. The Bertz CT molecular complexity index is 1170. The molecular formula is C19H22N6O3S2. The summed E-state index contributed by atoms with van der Waals surface area (Å²) in [5.41, 5.74) is 1.68. The molecule has 2 aromatic heterocycles. The third-order valence-corrected chi connectivity index (χ3v) is 7.88. The first-order chi connectivity index (χ1) is 14.3. The number of sulfonamides is 1. The molecule has 1 amide bonds. The van der Waals surface area contributed by atoms with Crippen LogP contribution in [0.3, 0.4) is 0 Å². The van der Waals surface area contributed by atoms with Gasteiger partial charge in [-0.1, -0.05) is 29.5 Å². The van der Waals surface area contributed by atoms with Gasteiger partial charge in [0.25, 0.3) is 15.9 Å². The molecule has 3 heterocycles. The molecule has 0 saturated carbocycles. The van der Waals surface area contributed by atoms with Crippen LogP contribution in [-0.2, 0) is 17.1 Å². The lowest BCUT2D eigenvalue weighted by Gasteiger charge is -2.30. The number of anilines is 1. The van der Waals surface area contributed by atoms with E-state index in [1.165, 1.54) is 28.2 Å². The topological polar surface area (TPSA) is 110 Å². The number of amides is 1. The maximum absolute atomic E-state index is 12.9. The van der Waals surface area contributed by atoms with Gasteiger partial charge in [0.15, 0.2) is 5.03 Å². The SMILES string of the molecule is Cc1ccccc1NC(=O)c1nnc([C@@H]2CCCN(S(=O)(=O)c3cn(C)cn3)C2)s1. The number of aromatic nitrogens is 4. The van der Waals surface area contributed by atoms with Crippen LogP contribution in [0.1, 0.15) is 39.1 Å². The Morgan fingerprint density at radius 2 is 2.07 bits per heavy atom. The van der Waals surface area contributed by atoms with E-state index in [0.717, 1.165) is 17.7 Å². The number of rotatable bonds is 5. The number of benzene rings is 1. The van der Waals surface area contributed by atoms with Gasteiger partial charge in [-0.3, -0.25) is 4.79 Å². The summed E-state index contributed by atoms with van der Waals surface area (Å²) in [6.07, 6.45) is 4.47. The van der Waals surface area contributed by atoms with Crippen LogP contribution in [0.5, 0.6) is 0 Å². The predicted molar refractivity (Wildman–Crippen MR) is 113 cm³/mol. The minimum Gasteiger partial charge on any atom is -0.339 e. The quantitative estimate of drug-likeness (QED) is 0.644. The van der Waals surface area contributed by atoms with E-state index in [4.69, 9.17) is 0 Å². The van der Waals surface area contributed by atoms with Crippen molar-refractivity contribution in [3.8, 4) is 0 Å². The van der Waals surface area contributed by atoms with E-state index in [9.17, 15) is 13.2 Å². The standard InChI is InChI=1S/C19H22N6O3S2/c1-13-6-3-4-8-15(13)21-17(26)19-23-22-18(29-19)14-7-5-9-25(10-14)30(27,28)16-11-24(2)12-20-16/h3-4,6,8,11-12,14H,5,7,9-10H2,1-2H3,(H,21,26)/t14-/m1/s1. The molecule has 9 nitrogen and oxygen atoms in total. The first-order valence-electron chi connectivity index (χ1n) is 9.53. The maximum atomic E-state index is 12.9. The average molecular weight is 447 g/mol. The molecule has 11 heteroatoms. The van der Waals surface area contributed by atoms with Crippen molar-refractivity contribution in [1.29, 1.82) is 0 Å². The second-order valence-corrected chi connectivity index (χ2v) is 10.2. The molecule has 1 N–H and O–H groups in total. The predicted octanol–water partition coefficient (Wildman–Crippen LogP) is 2.40. The fourth-order valence-corrected chi connectivity index (χ4v) is 5.75. The van der Waals surface area contributed by atoms with Crippen LogP contribution in [-0.4, -0.2) is 51.5 Å². The monoisotopic (exact) mass is 446 g/mol. The number of carbonyl (C=O) groups excluding carboxylic acids is 1. The van der Waals surface area contributed by atoms with Gasteiger partial charge in [0.05, 0.1) is 6.33 Å². The number of imidazole rings is 1. The second kappa shape index (κ2) is 8.25. The summed E-state index contributed by atoms with van der Waals surface area (Å²) in [6.45, 7) is 2.65. The van der Waals surface area contributed by atoms with Crippen molar-refractivity contribution in [1.82, 2.24) is 24.1 Å². The minimum absolute atomic E-state index is 0.0428. The smallest absolute Gasteiger partial charge is 0.286 e. The van der Waals surface area contributed by atoms with E-state index in [-0.39, 0.29) is 21.9 Å². The number of piperidine rings is 1. The van der Waals surface area contributed by atoms with Crippen LogP contribution in [0.25, 0.3) is 0 Å². The molecule has 1 aliphatic rings. The first-order valence-corrected chi connectivity index (χ1v) is 11.8. The van der Waals surface area contributed by atoms with Crippen molar-refractivity contribution < 1.29 is 13.2 Å². The lowest BCUT2D eigenvalue weighted by molar-refractivity contribution is 0.102.